The van der Waals surface area contributed by atoms with Crippen LogP contribution in [0.25, 0.3) is 21.9 Å². The topological polar surface area (TPSA) is 40.5 Å². The van der Waals surface area contributed by atoms with E-state index in [1.807, 2.05) is 54.6 Å². The second-order valence-electron chi connectivity index (χ2n) is 4.50. The van der Waals surface area contributed by atoms with Gasteiger partial charge in [0.05, 0.1) is 6.61 Å². The standard InChI is InChI=1S/C17H14O2/c18-11-13-6-2-4-8-15(13)17-14-7-3-1-5-12(14)9-10-16(17)19/h1-10,18-19H,11H2. The molecule has 0 unspecified atom stereocenters. The summed E-state index contributed by atoms with van der Waals surface area (Å²) in [7, 11) is 0. The van der Waals surface area contributed by atoms with Gasteiger partial charge < -0.3 is 10.2 Å². The highest BCUT2D eigenvalue weighted by molar-refractivity contribution is 6.00. The average molecular weight is 250 g/mol. The largest absolute Gasteiger partial charge is 0.507 e. The van der Waals surface area contributed by atoms with Crippen LogP contribution >= 0.6 is 0 Å². The first-order valence-corrected chi connectivity index (χ1v) is 6.21. The van der Waals surface area contributed by atoms with E-state index in [0.29, 0.717) is 0 Å². The molecule has 0 radical (unpaired) electrons. The fourth-order valence-corrected chi connectivity index (χ4v) is 2.45. The number of rotatable bonds is 2. The van der Waals surface area contributed by atoms with E-state index in [0.717, 1.165) is 27.5 Å². The zero-order valence-electron chi connectivity index (χ0n) is 10.4. The van der Waals surface area contributed by atoms with E-state index in [-0.39, 0.29) is 12.4 Å². The highest BCUT2D eigenvalue weighted by Gasteiger charge is 2.12. The monoisotopic (exact) mass is 250 g/mol. The number of phenolic OH excluding ortho intramolecular Hbond substituents is 1. The number of aromatic hydroxyl groups is 1. The lowest BCUT2D eigenvalue weighted by Crippen LogP contribution is -1.90. The van der Waals surface area contributed by atoms with Crippen LogP contribution < -0.4 is 0 Å². The van der Waals surface area contributed by atoms with Crippen molar-refractivity contribution in [2.45, 2.75) is 6.61 Å². The van der Waals surface area contributed by atoms with Gasteiger partial charge in [-0.05, 0) is 28.0 Å². The summed E-state index contributed by atoms with van der Waals surface area (Å²) in [4.78, 5) is 0. The summed E-state index contributed by atoms with van der Waals surface area (Å²) in [6.07, 6.45) is 0. The second kappa shape index (κ2) is 4.75. The van der Waals surface area contributed by atoms with Crippen LogP contribution in [0.4, 0.5) is 0 Å². The van der Waals surface area contributed by atoms with Gasteiger partial charge in [0.25, 0.3) is 0 Å². The smallest absolute Gasteiger partial charge is 0.124 e. The summed E-state index contributed by atoms with van der Waals surface area (Å²) in [5.41, 5.74) is 2.47. The van der Waals surface area contributed by atoms with Crippen LogP contribution in [0.3, 0.4) is 0 Å². The Morgan fingerprint density at radius 2 is 1.53 bits per heavy atom. The molecular weight excluding hydrogens is 236 g/mol. The third-order valence-electron chi connectivity index (χ3n) is 3.36. The van der Waals surface area contributed by atoms with Gasteiger partial charge in [-0.3, -0.25) is 0 Å². The van der Waals surface area contributed by atoms with Crippen molar-refractivity contribution in [2.24, 2.45) is 0 Å². The molecule has 0 fully saturated rings. The summed E-state index contributed by atoms with van der Waals surface area (Å²) in [6.45, 7) is -0.0428. The highest BCUT2D eigenvalue weighted by Crippen LogP contribution is 2.37. The Morgan fingerprint density at radius 1 is 0.789 bits per heavy atom. The van der Waals surface area contributed by atoms with Crippen LogP contribution in [0.2, 0.25) is 0 Å². The van der Waals surface area contributed by atoms with Crippen LogP contribution in [0, 0.1) is 0 Å². The molecule has 0 aliphatic heterocycles. The van der Waals surface area contributed by atoms with Gasteiger partial charge in [0, 0.05) is 5.56 Å². The van der Waals surface area contributed by atoms with Gasteiger partial charge in [-0.15, -0.1) is 0 Å². The Kier molecular flexibility index (Phi) is 2.94. The number of aliphatic hydroxyl groups excluding tert-OH is 1. The Morgan fingerprint density at radius 3 is 2.37 bits per heavy atom. The summed E-state index contributed by atoms with van der Waals surface area (Å²) in [6, 6.07) is 19.1. The SMILES string of the molecule is OCc1ccccc1-c1c(O)ccc2ccccc12. The number of phenols is 1. The van der Waals surface area contributed by atoms with Gasteiger partial charge in [0.15, 0.2) is 0 Å². The summed E-state index contributed by atoms with van der Waals surface area (Å²) in [5.74, 6) is 0.236. The maximum atomic E-state index is 10.2. The van der Waals surface area contributed by atoms with Gasteiger partial charge in [-0.1, -0.05) is 54.6 Å². The molecule has 3 rings (SSSR count). The summed E-state index contributed by atoms with van der Waals surface area (Å²) >= 11 is 0. The first-order chi connectivity index (χ1) is 9.31. The first-order valence-electron chi connectivity index (χ1n) is 6.21. The first kappa shape index (κ1) is 11.8. The number of aliphatic hydroxyl groups is 1. The van der Waals surface area contributed by atoms with Gasteiger partial charge >= 0.3 is 0 Å². The highest BCUT2D eigenvalue weighted by atomic mass is 16.3. The molecule has 0 aliphatic carbocycles. The number of hydrogen-bond acceptors (Lipinski definition) is 2. The minimum atomic E-state index is -0.0428. The van der Waals surface area contributed by atoms with Crippen molar-refractivity contribution in [1.29, 1.82) is 0 Å². The van der Waals surface area contributed by atoms with Gasteiger partial charge in [0.1, 0.15) is 5.75 Å². The van der Waals surface area contributed by atoms with E-state index >= 15 is 0 Å². The van der Waals surface area contributed by atoms with Crippen LogP contribution in [0.5, 0.6) is 5.75 Å². The average Bonchev–Trinajstić information content (AvgIpc) is 2.47. The molecule has 94 valence electrons. The number of hydrogen-bond donors (Lipinski definition) is 2. The van der Waals surface area contributed by atoms with E-state index in [4.69, 9.17) is 0 Å². The van der Waals surface area contributed by atoms with E-state index in [1.54, 1.807) is 6.07 Å². The lowest BCUT2D eigenvalue weighted by atomic mass is 9.94. The third-order valence-corrected chi connectivity index (χ3v) is 3.36. The molecule has 0 saturated heterocycles. The van der Waals surface area contributed by atoms with Crippen molar-refractivity contribution in [2.75, 3.05) is 0 Å². The molecule has 0 bridgehead atoms. The van der Waals surface area contributed by atoms with E-state index in [2.05, 4.69) is 0 Å². The molecule has 19 heavy (non-hydrogen) atoms. The number of fused-ring (bicyclic) bond motifs is 1. The molecule has 0 amide bonds. The molecule has 0 atom stereocenters. The van der Waals surface area contributed by atoms with Gasteiger partial charge in [-0.2, -0.15) is 0 Å². The number of benzene rings is 3. The third kappa shape index (κ3) is 1.96. The van der Waals surface area contributed by atoms with Crippen LogP contribution in [0.15, 0.2) is 60.7 Å². The lowest BCUT2D eigenvalue weighted by molar-refractivity contribution is 0.282. The van der Waals surface area contributed by atoms with E-state index in [9.17, 15) is 10.2 Å². The molecule has 0 heterocycles. The zero-order valence-corrected chi connectivity index (χ0v) is 10.4. The normalized spacial score (nSPS) is 10.8. The molecule has 3 aromatic carbocycles. The molecule has 3 aromatic rings. The maximum absolute atomic E-state index is 10.2. The molecule has 2 nitrogen and oxygen atoms in total. The van der Waals surface area contributed by atoms with Crippen molar-refractivity contribution >= 4 is 10.8 Å². The van der Waals surface area contributed by atoms with Crippen molar-refractivity contribution in [3.8, 4) is 16.9 Å². The van der Waals surface area contributed by atoms with Crippen molar-refractivity contribution in [3.63, 3.8) is 0 Å². The Bertz CT molecular complexity index is 732. The molecule has 2 N–H and O–H groups in total. The van der Waals surface area contributed by atoms with Gasteiger partial charge in [0.2, 0.25) is 0 Å². The minimum absolute atomic E-state index is 0.0428. The van der Waals surface area contributed by atoms with Crippen LogP contribution in [-0.4, -0.2) is 10.2 Å². The molecule has 0 aliphatic rings. The maximum Gasteiger partial charge on any atom is 0.124 e. The zero-order chi connectivity index (χ0) is 13.2. The molecular formula is C17H14O2. The Hall–Kier alpha value is -2.32. The Balaban J connectivity index is 2.38. The predicted octanol–water partition coefficient (Wildman–Crippen LogP) is 3.70. The van der Waals surface area contributed by atoms with Crippen LogP contribution in [0.1, 0.15) is 5.56 Å². The second-order valence-corrected chi connectivity index (χ2v) is 4.50. The fraction of sp³-hybridized carbons (Fsp3) is 0.0588. The molecule has 0 saturated carbocycles. The molecule has 2 heteroatoms. The van der Waals surface area contributed by atoms with E-state index in [1.165, 1.54) is 0 Å². The summed E-state index contributed by atoms with van der Waals surface area (Å²) in [5, 5.41) is 21.7. The van der Waals surface area contributed by atoms with Gasteiger partial charge in [-0.25, -0.2) is 0 Å². The van der Waals surface area contributed by atoms with E-state index < -0.39 is 0 Å². The summed E-state index contributed by atoms with van der Waals surface area (Å²) < 4.78 is 0. The van der Waals surface area contributed by atoms with Crippen molar-refractivity contribution in [3.05, 3.63) is 66.2 Å². The lowest BCUT2D eigenvalue weighted by Gasteiger charge is -2.12. The van der Waals surface area contributed by atoms with Crippen molar-refractivity contribution in [1.82, 2.24) is 0 Å². The Labute approximate surface area is 111 Å². The quantitative estimate of drug-likeness (QED) is 0.728. The predicted molar refractivity (Wildman–Crippen MR) is 77.0 cm³/mol. The molecule has 0 aromatic heterocycles. The van der Waals surface area contributed by atoms with Crippen LogP contribution in [-0.2, 0) is 6.61 Å². The fourth-order valence-electron chi connectivity index (χ4n) is 2.45. The van der Waals surface area contributed by atoms with Crippen molar-refractivity contribution < 1.29 is 10.2 Å². The minimum Gasteiger partial charge on any atom is -0.507 e. The molecule has 0 spiro atoms.